The van der Waals surface area contributed by atoms with Crippen LogP contribution in [0.25, 0.3) is 0 Å². The van der Waals surface area contributed by atoms with Crippen LogP contribution in [0.1, 0.15) is 12.5 Å². The lowest BCUT2D eigenvalue weighted by molar-refractivity contribution is -0.119. The molecular formula is C10H14N2O3S. The molecule has 0 fully saturated rings. The first kappa shape index (κ1) is 12.7. The van der Waals surface area contributed by atoms with Gasteiger partial charge in [0.15, 0.2) is 0 Å². The van der Waals surface area contributed by atoms with Gasteiger partial charge in [0.1, 0.15) is 0 Å². The fourth-order valence-corrected chi connectivity index (χ4v) is 2.29. The summed E-state index contributed by atoms with van der Waals surface area (Å²) in [4.78, 5) is 10.9. The van der Waals surface area contributed by atoms with Crippen LogP contribution in [0.5, 0.6) is 0 Å². The number of rotatable bonds is 4. The number of nitrogens with two attached hydrogens (primary N) is 1. The molecule has 3 N–H and O–H groups in total. The molecule has 0 saturated carbocycles. The molecule has 0 aliphatic rings. The third kappa shape index (κ3) is 3.04. The third-order valence-electron chi connectivity index (χ3n) is 2.09. The maximum atomic E-state index is 11.7. The van der Waals surface area contributed by atoms with Gasteiger partial charge in [0, 0.05) is 0 Å². The molecule has 0 radical (unpaired) electrons. The first-order valence-electron chi connectivity index (χ1n) is 4.71. The highest BCUT2D eigenvalue weighted by Gasteiger charge is 2.19. The van der Waals surface area contributed by atoms with E-state index in [0.29, 0.717) is 0 Å². The predicted octanol–water partition coefficient (Wildman–Crippen LogP) is 0.147. The van der Waals surface area contributed by atoms with Crippen LogP contribution in [0.15, 0.2) is 29.2 Å². The van der Waals surface area contributed by atoms with Gasteiger partial charge in [-0.25, -0.2) is 8.42 Å². The van der Waals surface area contributed by atoms with E-state index >= 15 is 0 Å². The Kier molecular flexibility index (Phi) is 3.66. The van der Waals surface area contributed by atoms with Crippen molar-refractivity contribution in [2.24, 2.45) is 5.73 Å². The highest BCUT2D eigenvalue weighted by atomic mass is 32.2. The lowest BCUT2D eigenvalue weighted by atomic mass is 10.2. The average molecular weight is 242 g/mol. The van der Waals surface area contributed by atoms with E-state index in [1.807, 2.05) is 6.92 Å². The molecule has 0 heterocycles. The number of hydrogen-bond acceptors (Lipinski definition) is 3. The van der Waals surface area contributed by atoms with Crippen molar-refractivity contribution in [1.29, 1.82) is 0 Å². The van der Waals surface area contributed by atoms with E-state index in [1.165, 1.54) is 19.1 Å². The zero-order valence-electron chi connectivity index (χ0n) is 9.10. The van der Waals surface area contributed by atoms with Crippen LogP contribution in [-0.4, -0.2) is 20.4 Å². The third-order valence-corrected chi connectivity index (χ3v) is 3.65. The maximum Gasteiger partial charge on any atom is 0.241 e. The number of amides is 1. The fraction of sp³-hybridized carbons (Fsp3) is 0.300. The fourth-order valence-electron chi connectivity index (χ4n) is 1.08. The van der Waals surface area contributed by atoms with E-state index in [2.05, 4.69) is 4.72 Å². The Balaban J connectivity index is 2.94. The first-order valence-corrected chi connectivity index (χ1v) is 6.19. The second-order valence-corrected chi connectivity index (χ2v) is 5.27. The second kappa shape index (κ2) is 4.63. The quantitative estimate of drug-likeness (QED) is 0.787. The number of nitrogens with one attached hydrogen (secondary N) is 1. The summed E-state index contributed by atoms with van der Waals surface area (Å²) in [5, 5.41) is 0. The minimum Gasteiger partial charge on any atom is -0.368 e. The van der Waals surface area contributed by atoms with E-state index in [9.17, 15) is 13.2 Å². The van der Waals surface area contributed by atoms with Crippen LogP contribution < -0.4 is 10.5 Å². The molecule has 0 saturated heterocycles. The van der Waals surface area contributed by atoms with Crippen molar-refractivity contribution in [1.82, 2.24) is 4.72 Å². The number of carbonyl (C=O) groups is 1. The molecule has 16 heavy (non-hydrogen) atoms. The van der Waals surface area contributed by atoms with Gasteiger partial charge >= 0.3 is 0 Å². The number of benzene rings is 1. The summed E-state index contributed by atoms with van der Waals surface area (Å²) in [6.07, 6.45) is 0. The molecule has 5 nitrogen and oxygen atoms in total. The zero-order valence-corrected chi connectivity index (χ0v) is 9.91. The minimum atomic E-state index is -3.67. The topological polar surface area (TPSA) is 89.3 Å². The van der Waals surface area contributed by atoms with Crippen LogP contribution in [0.3, 0.4) is 0 Å². The summed E-state index contributed by atoms with van der Waals surface area (Å²) in [5.74, 6) is -0.712. The Morgan fingerprint density at radius 2 is 1.81 bits per heavy atom. The van der Waals surface area contributed by atoms with Gasteiger partial charge in [0.25, 0.3) is 0 Å². The van der Waals surface area contributed by atoms with Gasteiger partial charge in [0.2, 0.25) is 15.9 Å². The van der Waals surface area contributed by atoms with Gasteiger partial charge in [-0.05, 0) is 26.0 Å². The lowest BCUT2D eigenvalue weighted by Gasteiger charge is -2.10. The Morgan fingerprint density at radius 1 is 1.31 bits per heavy atom. The highest BCUT2D eigenvalue weighted by molar-refractivity contribution is 7.89. The number of hydrogen-bond donors (Lipinski definition) is 2. The van der Waals surface area contributed by atoms with Crippen molar-refractivity contribution in [3.63, 3.8) is 0 Å². The molecular weight excluding hydrogens is 228 g/mol. The van der Waals surface area contributed by atoms with Gasteiger partial charge in [-0.2, -0.15) is 4.72 Å². The Bertz CT molecular complexity index is 479. The maximum absolute atomic E-state index is 11.7. The van der Waals surface area contributed by atoms with Crippen molar-refractivity contribution in [2.75, 3.05) is 0 Å². The molecule has 0 aliphatic carbocycles. The van der Waals surface area contributed by atoms with Crippen LogP contribution in [-0.2, 0) is 14.8 Å². The summed E-state index contributed by atoms with van der Waals surface area (Å²) >= 11 is 0. The Morgan fingerprint density at radius 3 is 2.25 bits per heavy atom. The van der Waals surface area contributed by atoms with Crippen molar-refractivity contribution in [3.05, 3.63) is 29.8 Å². The van der Waals surface area contributed by atoms with Crippen LogP contribution in [0, 0.1) is 6.92 Å². The number of sulfonamides is 1. The van der Waals surface area contributed by atoms with E-state index in [0.717, 1.165) is 5.56 Å². The summed E-state index contributed by atoms with van der Waals surface area (Å²) in [7, 11) is -3.67. The molecule has 1 aromatic rings. The minimum absolute atomic E-state index is 0.117. The number of primary amides is 1. The molecule has 0 unspecified atom stereocenters. The van der Waals surface area contributed by atoms with E-state index in [1.54, 1.807) is 12.1 Å². The SMILES string of the molecule is Cc1ccc(S(=O)(=O)N[C@@H](C)C(N)=O)cc1. The summed E-state index contributed by atoms with van der Waals surface area (Å²) < 4.78 is 25.7. The molecule has 0 bridgehead atoms. The molecule has 1 amide bonds. The number of carbonyl (C=O) groups excluding carboxylic acids is 1. The molecule has 0 aromatic heterocycles. The smallest absolute Gasteiger partial charge is 0.241 e. The van der Waals surface area contributed by atoms with E-state index in [4.69, 9.17) is 5.73 Å². The monoisotopic (exact) mass is 242 g/mol. The summed E-state index contributed by atoms with van der Waals surface area (Å²) in [5.41, 5.74) is 5.94. The first-order chi connectivity index (χ1) is 7.33. The van der Waals surface area contributed by atoms with Gasteiger partial charge in [-0.1, -0.05) is 17.7 Å². The lowest BCUT2D eigenvalue weighted by Crippen LogP contribution is -2.42. The Hall–Kier alpha value is -1.40. The van der Waals surface area contributed by atoms with Crippen LogP contribution >= 0.6 is 0 Å². The molecule has 88 valence electrons. The molecule has 1 rings (SSSR count). The van der Waals surface area contributed by atoms with Crippen molar-refractivity contribution < 1.29 is 13.2 Å². The summed E-state index contributed by atoms with van der Waals surface area (Å²) in [6, 6.07) is 5.40. The standard InChI is InChI=1S/C10H14N2O3S/c1-7-3-5-9(6-4-7)16(14,15)12-8(2)10(11)13/h3-6,8,12H,1-2H3,(H2,11,13)/t8-/m0/s1. The van der Waals surface area contributed by atoms with Crippen molar-refractivity contribution >= 4 is 15.9 Å². The van der Waals surface area contributed by atoms with Gasteiger partial charge in [-0.15, -0.1) is 0 Å². The molecule has 1 aromatic carbocycles. The summed E-state index contributed by atoms with van der Waals surface area (Å²) in [6.45, 7) is 3.25. The molecule has 0 aliphatic heterocycles. The van der Waals surface area contributed by atoms with E-state index in [-0.39, 0.29) is 4.90 Å². The van der Waals surface area contributed by atoms with Gasteiger partial charge < -0.3 is 5.73 Å². The molecule has 6 heteroatoms. The molecule has 0 spiro atoms. The van der Waals surface area contributed by atoms with Crippen LogP contribution in [0.2, 0.25) is 0 Å². The second-order valence-electron chi connectivity index (χ2n) is 3.56. The van der Waals surface area contributed by atoms with E-state index < -0.39 is 22.0 Å². The van der Waals surface area contributed by atoms with Crippen molar-refractivity contribution in [2.45, 2.75) is 24.8 Å². The van der Waals surface area contributed by atoms with Crippen LogP contribution in [0.4, 0.5) is 0 Å². The predicted molar refractivity (Wildman–Crippen MR) is 60.2 cm³/mol. The normalized spacial score (nSPS) is 13.4. The average Bonchev–Trinajstić information content (AvgIpc) is 2.17. The van der Waals surface area contributed by atoms with Crippen molar-refractivity contribution in [3.8, 4) is 0 Å². The number of aryl methyl sites for hydroxylation is 1. The zero-order chi connectivity index (χ0) is 12.3. The largest absolute Gasteiger partial charge is 0.368 e. The Labute approximate surface area is 94.7 Å². The highest BCUT2D eigenvalue weighted by Crippen LogP contribution is 2.10. The van der Waals surface area contributed by atoms with Gasteiger partial charge in [0.05, 0.1) is 10.9 Å². The molecule has 1 atom stereocenters. The van der Waals surface area contributed by atoms with Gasteiger partial charge in [-0.3, -0.25) is 4.79 Å².